The van der Waals surface area contributed by atoms with Gasteiger partial charge in [0.1, 0.15) is 11.4 Å². The van der Waals surface area contributed by atoms with E-state index in [0.29, 0.717) is 18.5 Å². The third-order valence-corrected chi connectivity index (χ3v) is 3.51. The van der Waals surface area contributed by atoms with E-state index in [1.807, 2.05) is 12.1 Å². The first kappa shape index (κ1) is 14.0. The van der Waals surface area contributed by atoms with Crippen molar-refractivity contribution in [1.29, 1.82) is 0 Å². The number of carbonyl (C=O) groups excluding carboxylic acids is 2. The van der Waals surface area contributed by atoms with E-state index in [0.717, 1.165) is 5.56 Å². The highest BCUT2D eigenvalue weighted by Crippen LogP contribution is 2.19. The molecule has 0 aliphatic heterocycles. The quantitative estimate of drug-likeness (QED) is 0.900. The molecule has 0 fully saturated rings. The molecule has 1 aromatic heterocycles. The number of allylic oxidation sites excluding steroid dienone is 2. The summed E-state index contributed by atoms with van der Waals surface area (Å²) in [6, 6.07) is 10.3. The Hall–Kier alpha value is -2.95. The monoisotopic (exact) mass is 294 g/mol. The Labute approximate surface area is 127 Å². The fraction of sp³-hybridized carbons (Fsp3) is 0.118. The number of nitrogens with zero attached hydrogens (tertiary/aromatic N) is 1. The maximum atomic E-state index is 12.3. The Bertz CT molecular complexity index is 781. The Morgan fingerprint density at radius 2 is 1.91 bits per heavy atom. The number of aromatic nitrogens is 1. The van der Waals surface area contributed by atoms with Gasteiger partial charge in [0.2, 0.25) is 11.6 Å². The number of aromatic hydroxyl groups is 1. The van der Waals surface area contributed by atoms with Crippen LogP contribution in [0.4, 0.5) is 0 Å². The number of hydrogen-bond acceptors (Lipinski definition) is 5. The van der Waals surface area contributed by atoms with E-state index in [2.05, 4.69) is 10.3 Å². The van der Waals surface area contributed by atoms with Gasteiger partial charge in [-0.05, 0) is 30.2 Å². The van der Waals surface area contributed by atoms with Crippen LogP contribution >= 0.6 is 0 Å². The Morgan fingerprint density at radius 3 is 2.73 bits per heavy atom. The summed E-state index contributed by atoms with van der Waals surface area (Å²) in [5, 5.41) is 12.7. The number of benzene rings is 1. The minimum atomic E-state index is -0.278. The van der Waals surface area contributed by atoms with Gasteiger partial charge in [-0.3, -0.25) is 14.6 Å². The Morgan fingerprint density at radius 1 is 1.09 bits per heavy atom. The molecule has 0 atom stereocenters. The van der Waals surface area contributed by atoms with E-state index in [9.17, 15) is 14.7 Å². The molecular weight excluding hydrogens is 280 g/mol. The predicted molar refractivity (Wildman–Crippen MR) is 80.8 cm³/mol. The van der Waals surface area contributed by atoms with Crippen LogP contribution in [0, 0.1) is 0 Å². The zero-order chi connectivity index (χ0) is 15.5. The third-order valence-electron chi connectivity index (χ3n) is 3.51. The molecule has 0 saturated carbocycles. The van der Waals surface area contributed by atoms with Gasteiger partial charge in [0.15, 0.2) is 0 Å². The van der Waals surface area contributed by atoms with Crippen molar-refractivity contribution in [2.45, 2.75) is 6.42 Å². The van der Waals surface area contributed by atoms with Gasteiger partial charge in [0.25, 0.3) is 0 Å². The van der Waals surface area contributed by atoms with Gasteiger partial charge in [0, 0.05) is 18.8 Å². The van der Waals surface area contributed by atoms with E-state index in [1.165, 1.54) is 12.3 Å². The summed E-state index contributed by atoms with van der Waals surface area (Å²) in [5.74, 6) is -0.292. The third kappa shape index (κ3) is 2.61. The van der Waals surface area contributed by atoms with Gasteiger partial charge in [-0.25, -0.2) is 0 Å². The predicted octanol–water partition coefficient (Wildman–Crippen LogP) is 1.88. The molecule has 0 radical (unpaired) electrons. The standard InChI is InChI=1S/C17H14N2O3/c20-14-6-2-1-4-11(14)7-9-18-13-10-15(21)16-12(17(13)22)5-3-8-19-16/h1-6,8,10,18,20H,7,9H2. The summed E-state index contributed by atoms with van der Waals surface area (Å²) in [6.07, 6.45) is 3.32. The van der Waals surface area contributed by atoms with Crippen molar-refractivity contribution in [3.05, 3.63) is 71.2 Å². The lowest BCUT2D eigenvalue weighted by Crippen LogP contribution is -2.28. The highest BCUT2D eigenvalue weighted by Gasteiger charge is 2.26. The summed E-state index contributed by atoms with van der Waals surface area (Å²) in [4.78, 5) is 28.2. The molecule has 5 nitrogen and oxygen atoms in total. The van der Waals surface area contributed by atoms with Crippen LogP contribution in [0.15, 0.2) is 54.4 Å². The van der Waals surface area contributed by atoms with Crippen molar-refractivity contribution in [3.63, 3.8) is 0 Å². The number of pyridine rings is 1. The number of phenols is 1. The number of para-hydroxylation sites is 1. The SMILES string of the molecule is O=C1C(NCCc2ccccc2O)=CC(=O)c2ncccc21. The normalized spacial score (nSPS) is 13.5. The first-order valence-corrected chi connectivity index (χ1v) is 6.93. The molecule has 0 unspecified atom stereocenters. The van der Waals surface area contributed by atoms with Crippen LogP contribution in [-0.2, 0) is 6.42 Å². The summed E-state index contributed by atoms with van der Waals surface area (Å²) >= 11 is 0. The first-order chi connectivity index (χ1) is 10.7. The fourth-order valence-corrected chi connectivity index (χ4v) is 2.38. The number of hydrogen-bond donors (Lipinski definition) is 2. The zero-order valence-electron chi connectivity index (χ0n) is 11.7. The molecule has 5 heteroatoms. The van der Waals surface area contributed by atoms with Crippen LogP contribution in [0.2, 0.25) is 0 Å². The highest BCUT2D eigenvalue weighted by atomic mass is 16.3. The summed E-state index contributed by atoms with van der Waals surface area (Å²) in [7, 11) is 0. The molecular formula is C17H14N2O3. The molecule has 1 aromatic carbocycles. The lowest BCUT2D eigenvalue weighted by atomic mass is 9.97. The van der Waals surface area contributed by atoms with E-state index < -0.39 is 0 Å². The van der Waals surface area contributed by atoms with Crippen molar-refractivity contribution in [2.24, 2.45) is 0 Å². The van der Waals surface area contributed by atoms with E-state index >= 15 is 0 Å². The molecule has 110 valence electrons. The van der Waals surface area contributed by atoms with Crippen molar-refractivity contribution < 1.29 is 14.7 Å². The lowest BCUT2D eigenvalue weighted by Gasteiger charge is -2.15. The second-order valence-electron chi connectivity index (χ2n) is 4.96. The van der Waals surface area contributed by atoms with Gasteiger partial charge in [-0.15, -0.1) is 0 Å². The maximum Gasteiger partial charge on any atom is 0.211 e. The number of nitrogens with one attached hydrogen (secondary N) is 1. The number of carbonyl (C=O) groups is 2. The average molecular weight is 294 g/mol. The summed E-state index contributed by atoms with van der Waals surface area (Å²) < 4.78 is 0. The lowest BCUT2D eigenvalue weighted by molar-refractivity contribution is 0.0975. The minimum Gasteiger partial charge on any atom is -0.508 e. The van der Waals surface area contributed by atoms with Crippen molar-refractivity contribution in [1.82, 2.24) is 10.3 Å². The van der Waals surface area contributed by atoms with Gasteiger partial charge in [-0.2, -0.15) is 0 Å². The second-order valence-corrected chi connectivity index (χ2v) is 4.96. The topological polar surface area (TPSA) is 79.3 Å². The van der Waals surface area contributed by atoms with Crippen LogP contribution < -0.4 is 5.32 Å². The van der Waals surface area contributed by atoms with Crippen LogP contribution in [0.25, 0.3) is 0 Å². The molecule has 1 aliphatic rings. The van der Waals surface area contributed by atoms with Gasteiger partial charge in [0.05, 0.1) is 11.3 Å². The highest BCUT2D eigenvalue weighted by molar-refractivity contribution is 6.23. The van der Waals surface area contributed by atoms with Crippen LogP contribution in [0.5, 0.6) is 5.75 Å². The molecule has 0 spiro atoms. The maximum absolute atomic E-state index is 12.3. The number of phenolic OH excluding ortho intramolecular Hbond substituents is 1. The molecule has 2 aromatic rings. The summed E-state index contributed by atoms with van der Waals surface area (Å²) in [5.41, 5.74) is 1.56. The van der Waals surface area contributed by atoms with Crippen LogP contribution in [0.1, 0.15) is 26.4 Å². The fourth-order valence-electron chi connectivity index (χ4n) is 2.38. The first-order valence-electron chi connectivity index (χ1n) is 6.93. The van der Waals surface area contributed by atoms with Crippen LogP contribution in [-0.4, -0.2) is 28.2 Å². The number of ketones is 2. The molecule has 0 bridgehead atoms. The number of Topliss-reactive ketones (excluding diaryl/α,β-unsaturated/α-hetero) is 1. The molecule has 3 rings (SSSR count). The molecule has 0 amide bonds. The number of fused-ring (bicyclic) bond motifs is 1. The van der Waals surface area contributed by atoms with Crippen LogP contribution in [0.3, 0.4) is 0 Å². The molecule has 22 heavy (non-hydrogen) atoms. The summed E-state index contributed by atoms with van der Waals surface area (Å²) in [6.45, 7) is 0.442. The second kappa shape index (κ2) is 5.81. The van der Waals surface area contributed by atoms with Gasteiger partial charge in [-0.1, -0.05) is 18.2 Å². The van der Waals surface area contributed by atoms with Crippen molar-refractivity contribution >= 4 is 11.6 Å². The minimum absolute atomic E-state index is 0.193. The van der Waals surface area contributed by atoms with Crippen molar-refractivity contribution in [3.8, 4) is 5.75 Å². The van der Waals surface area contributed by atoms with Crippen molar-refractivity contribution in [2.75, 3.05) is 6.54 Å². The molecule has 0 saturated heterocycles. The van der Waals surface area contributed by atoms with Gasteiger partial charge >= 0.3 is 0 Å². The molecule has 1 aliphatic carbocycles. The Kier molecular flexibility index (Phi) is 3.70. The average Bonchev–Trinajstić information content (AvgIpc) is 2.54. The van der Waals surface area contributed by atoms with Gasteiger partial charge < -0.3 is 10.4 Å². The number of rotatable bonds is 4. The Balaban J connectivity index is 1.71. The smallest absolute Gasteiger partial charge is 0.211 e. The zero-order valence-corrected chi connectivity index (χ0v) is 11.7. The van der Waals surface area contributed by atoms with E-state index in [1.54, 1.807) is 24.3 Å². The largest absolute Gasteiger partial charge is 0.508 e. The molecule has 2 N–H and O–H groups in total. The van der Waals surface area contributed by atoms with E-state index in [4.69, 9.17) is 0 Å². The van der Waals surface area contributed by atoms with E-state index in [-0.39, 0.29) is 28.7 Å². The molecule has 1 heterocycles.